The Balaban J connectivity index is 1.91. The number of nitrogens with one attached hydrogen (secondary N) is 1. The van der Waals surface area contributed by atoms with Gasteiger partial charge in [0.25, 0.3) is 0 Å². The highest BCUT2D eigenvalue weighted by Gasteiger charge is 2.11. The van der Waals surface area contributed by atoms with Crippen LogP contribution in [0.1, 0.15) is 44.5 Å². The molecule has 0 aliphatic heterocycles. The fraction of sp³-hybridized carbons (Fsp3) is 0.500. The number of benzene rings is 1. The maximum atomic E-state index is 4.66. The van der Waals surface area contributed by atoms with Crippen LogP contribution in [0.2, 0.25) is 0 Å². The first-order chi connectivity index (χ1) is 10.2. The van der Waals surface area contributed by atoms with Gasteiger partial charge in [0.2, 0.25) is 0 Å². The highest BCUT2D eigenvalue weighted by Crippen LogP contribution is 2.11. The third-order valence-electron chi connectivity index (χ3n) is 3.77. The van der Waals surface area contributed by atoms with E-state index in [0.29, 0.717) is 12.1 Å². The minimum Gasteiger partial charge on any atom is -0.314 e. The molecule has 1 aromatic heterocycles. The number of aromatic nitrogens is 2. The Bertz CT molecular complexity index is 516. The summed E-state index contributed by atoms with van der Waals surface area (Å²) in [5, 5.41) is 8.25. The molecule has 0 saturated carbocycles. The molecule has 1 atom stereocenters. The van der Waals surface area contributed by atoms with Gasteiger partial charge in [-0.15, -0.1) is 0 Å². The summed E-state index contributed by atoms with van der Waals surface area (Å²) in [6.45, 7) is 7.49. The van der Waals surface area contributed by atoms with Crippen LogP contribution in [0.3, 0.4) is 0 Å². The quantitative estimate of drug-likeness (QED) is 0.803. The molecule has 0 radical (unpaired) electrons. The largest absolute Gasteiger partial charge is 0.314 e. The number of hydrogen-bond donors (Lipinski definition) is 1. The Kier molecular flexibility index (Phi) is 6.00. The van der Waals surface area contributed by atoms with Crippen LogP contribution in [0.5, 0.6) is 0 Å². The van der Waals surface area contributed by atoms with Crippen molar-refractivity contribution in [1.82, 2.24) is 15.1 Å². The van der Waals surface area contributed by atoms with Crippen molar-refractivity contribution in [1.29, 1.82) is 0 Å². The van der Waals surface area contributed by atoms with E-state index in [4.69, 9.17) is 0 Å². The average Bonchev–Trinajstić information content (AvgIpc) is 2.95. The van der Waals surface area contributed by atoms with Crippen LogP contribution in [-0.4, -0.2) is 22.4 Å². The molecule has 1 unspecified atom stereocenters. The second-order valence-electron chi connectivity index (χ2n) is 5.86. The molecule has 3 heteroatoms. The second-order valence-corrected chi connectivity index (χ2v) is 5.86. The van der Waals surface area contributed by atoms with E-state index in [1.54, 1.807) is 0 Å². The first kappa shape index (κ1) is 15.8. The summed E-state index contributed by atoms with van der Waals surface area (Å²) >= 11 is 0. The normalized spacial score (nSPS) is 12.8. The van der Waals surface area contributed by atoms with Crippen molar-refractivity contribution in [3.63, 3.8) is 0 Å². The summed E-state index contributed by atoms with van der Waals surface area (Å²) in [7, 11) is 0. The predicted molar refractivity (Wildman–Crippen MR) is 88.5 cm³/mol. The second kappa shape index (κ2) is 7.99. The summed E-state index contributed by atoms with van der Waals surface area (Å²) in [6, 6.07) is 13.8. The van der Waals surface area contributed by atoms with Gasteiger partial charge in [-0.2, -0.15) is 5.10 Å². The lowest BCUT2D eigenvalue weighted by Crippen LogP contribution is -2.31. The molecule has 2 rings (SSSR count). The Labute approximate surface area is 128 Å². The van der Waals surface area contributed by atoms with E-state index in [9.17, 15) is 0 Å². The molecule has 0 bridgehead atoms. The molecule has 0 spiro atoms. The SMILES string of the molecule is CCNC(CCc1ccccc1)Cc1ccn(C(C)C)n1. The fourth-order valence-electron chi connectivity index (χ4n) is 2.58. The highest BCUT2D eigenvalue weighted by molar-refractivity contribution is 5.15. The van der Waals surface area contributed by atoms with Gasteiger partial charge in [0.15, 0.2) is 0 Å². The number of nitrogens with zero attached hydrogens (tertiary/aromatic N) is 2. The summed E-state index contributed by atoms with van der Waals surface area (Å²) in [6.07, 6.45) is 5.34. The van der Waals surface area contributed by atoms with Gasteiger partial charge in [0.05, 0.1) is 5.69 Å². The van der Waals surface area contributed by atoms with Gasteiger partial charge < -0.3 is 5.32 Å². The lowest BCUT2D eigenvalue weighted by atomic mass is 10.0. The maximum absolute atomic E-state index is 4.66. The summed E-state index contributed by atoms with van der Waals surface area (Å²) in [4.78, 5) is 0. The molecule has 0 amide bonds. The Morgan fingerprint density at radius 3 is 2.52 bits per heavy atom. The molecule has 3 nitrogen and oxygen atoms in total. The molecule has 1 aromatic carbocycles. The van der Waals surface area contributed by atoms with Gasteiger partial charge in [-0.05, 0) is 44.9 Å². The van der Waals surface area contributed by atoms with Gasteiger partial charge in [-0.1, -0.05) is 37.3 Å². The van der Waals surface area contributed by atoms with Gasteiger partial charge in [-0.3, -0.25) is 4.68 Å². The van der Waals surface area contributed by atoms with Crippen molar-refractivity contribution in [3.8, 4) is 0 Å². The van der Waals surface area contributed by atoms with Crippen LogP contribution in [0.25, 0.3) is 0 Å². The van der Waals surface area contributed by atoms with Gasteiger partial charge in [0, 0.05) is 24.7 Å². The van der Waals surface area contributed by atoms with E-state index in [2.05, 4.69) is 73.8 Å². The number of rotatable bonds is 8. The van der Waals surface area contributed by atoms with E-state index in [1.165, 1.54) is 11.3 Å². The van der Waals surface area contributed by atoms with E-state index in [0.717, 1.165) is 25.8 Å². The molecule has 21 heavy (non-hydrogen) atoms. The van der Waals surface area contributed by atoms with Gasteiger partial charge in [-0.25, -0.2) is 0 Å². The molecule has 0 saturated heterocycles. The molecule has 1 heterocycles. The van der Waals surface area contributed by atoms with E-state index in [-0.39, 0.29) is 0 Å². The lowest BCUT2D eigenvalue weighted by molar-refractivity contribution is 0.475. The van der Waals surface area contributed by atoms with Crippen molar-refractivity contribution in [3.05, 3.63) is 53.9 Å². The van der Waals surface area contributed by atoms with Crippen LogP contribution in [0.15, 0.2) is 42.6 Å². The van der Waals surface area contributed by atoms with Crippen LogP contribution in [-0.2, 0) is 12.8 Å². The Hall–Kier alpha value is -1.61. The molecule has 2 aromatic rings. The van der Waals surface area contributed by atoms with Crippen molar-refractivity contribution in [2.45, 2.75) is 52.1 Å². The monoisotopic (exact) mass is 285 g/mol. The zero-order chi connectivity index (χ0) is 15.1. The standard InChI is InChI=1S/C18H27N3/c1-4-19-17(11-10-16-8-6-5-7-9-16)14-18-12-13-21(20-18)15(2)3/h5-9,12-13,15,17,19H,4,10-11,14H2,1-3H3. The van der Waals surface area contributed by atoms with E-state index >= 15 is 0 Å². The summed E-state index contributed by atoms with van der Waals surface area (Å²) in [5.74, 6) is 0. The fourth-order valence-corrected chi connectivity index (χ4v) is 2.58. The van der Waals surface area contributed by atoms with Crippen molar-refractivity contribution in [2.75, 3.05) is 6.54 Å². The molecule has 114 valence electrons. The maximum Gasteiger partial charge on any atom is 0.0640 e. The van der Waals surface area contributed by atoms with Crippen molar-refractivity contribution >= 4 is 0 Å². The lowest BCUT2D eigenvalue weighted by Gasteiger charge is -2.17. The molecule has 0 aliphatic rings. The predicted octanol–water partition coefficient (Wildman–Crippen LogP) is 3.62. The number of likely N-dealkylation sites (N-methyl/N-ethyl adjacent to an activating group) is 1. The van der Waals surface area contributed by atoms with Crippen LogP contribution >= 0.6 is 0 Å². The highest BCUT2D eigenvalue weighted by atomic mass is 15.3. The Morgan fingerprint density at radius 1 is 1.14 bits per heavy atom. The molecular weight excluding hydrogens is 258 g/mol. The number of hydrogen-bond acceptors (Lipinski definition) is 2. The zero-order valence-electron chi connectivity index (χ0n) is 13.4. The smallest absolute Gasteiger partial charge is 0.0640 e. The third kappa shape index (κ3) is 5.01. The molecule has 1 N–H and O–H groups in total. The third-order valence-corrected chi connectivity index (χ3v) is 3.77. The van der Waals surface area contributed by atoms with Crippen LogP contribution in [0.4, 0.5) is 0 Å². The zero-order valence-corrected chi connectivity index (χ0v) is 13.4. The van der Waals surface area contributed by atoms with Crippen molar-refractivity contribution < 1.29 is 0 Å². The Morgan fingerprint density at radius 2 is 1.90 bits per heavy atom. The van der Waals surface area contributed by atoms with Gasteiger partial charge >= 0.3 is 0 Å². The minimum absolute atomic E-state index is 0.431. The minimum atomic E-state index is 0.431. The molecular formula is C18H27N3. The van der Waals surface area contributed by atoms with Crippen molar-refractivity contribution in [2.24, 2.45) is 0 Å². The molecule has 0 aliphatic carbocycles. The number of aryl methyl sites for hydroxylation is 1. The van der Waals surface area contributed by atoms with E-state index in [1.807, 2.05) is 4.68 Å². The average molecular weight is 285 g/mol. The summed E-state index contributed by atoms with van der Waals surface area (Å²) < 4.78 is 2.04. The van der Waals surface area contributed by atoms with E-state index < -0.39 is 0 Å². The topological polar surface area (TPSA) is 29.9 Å². The van der Waals surface area contributed by atoms with Gasteiger partial charge in [0.1, 0.15) is 0 Å². The van der Waals surface area contributed by atoms with Crippen LogP contribution in [0, 0.1) is 0 Å². The summed E-state index contributed by atoms with van der Waals surface area (Å²) in [5.41, 5.74) is 2.59. The first-order valence-corrected chi connectivity index (χ1v) is 8.00. The van der Waals surface area contributed by atoms with Crippen LogP contribution < -0.4 is 5.32 Å². The molecule has 0 fully saturated rings. The first-order valence-electron chi connectivity index (χ1n) is 8.00.